The van der Waals surface area contributed by atoms with Crippen LogP contribution in [0, 0.1) is 0 Å². The van der Waals surface area contributed by atoms with Gasteiger partial charge in [0.2, 0.25) is 0 Å². The monoisotopic (exact) mass is 242 g/mol. The van der Waals surface area contributed by atoms with E-state index in [0.717, 1.165) is 18.5 Å². The van der Waals surface area contributed by atoms with Crippen molar-refractivity contribution < 1.29 is 10.2 Å². The fourth-order valence-electron chi connectivity index (χ4n) is 1.55. The summed E-state index contributed by atoms with van der Waals surface area (Å²) in [5, 5.41) is 29.8. The first-order valence-electron chi connectivity index (χ1n) is 6.06. The Hall–Kier alpha value is -0.980. The maximum atomic E-state index is 10.1. The van der Waals surface area contributed by atoms with Crippen molar-refractivity contribution in [1.29, 1.82) is 0 Å². The minimum atomic E-state index is -0.638. The third-order valence-electron chi connectivity index (χ3n) is 2.99. The van der Waals surface area contributed by atoms with Gasteiger partial charge in [0.05, 0.1) is 24.4 Å². The normalized spacial score (nSPS) is 12.0. The van der Waals surface area contributed by atoms with Gasteiger partial charge in [0.1, 0.15) is 0 Å². The Morgan fingerprint density at radius 1 is 1.41 bits per heavy atom. The first-order valence-corrected chi connectivity index (χ1v) is 6.06. The lowest BCUT2D eigenvalue weighted by atomic mass is 9.98. The Labute approximate surface area is 102 Å². The summed E-state index contributed by atoms with van der Waals surface area (Å²) < 4.78 is 1.60. The molecule has 6 heteroatoms. The van der Waals surface area contributed by atoms with Gasteiger partial charge in [-0.2, -0.15) is 0 Å². The highest BCUT2D eigenvalue weighted by Gasteiger charge is 2.21. The van der Waals surface area contributed by atoms with E-state index in [1.165, 1.54) is 0 Å². The van der Waals surface area contributed by atoms with Crippen molar-refractivity contribution in [3.63, 3.8) is 0 Å². The molecule has 0 fully saturated rings. The van der Waals surface area contributed by atoms with Crippen molar-refractivity contribution in [2.24, 2.45) is 0 Å². The largest absolute Gasteiger partial charge is 0.394 e. The van der Waals surface area contributed by atoms with Crippen LogP contribution in [0.1, 0.15) is 32.4 Å². The zero-order chi connectivity index (χ0) is 12.7. The van der Waals surface area contributed by atoms with Gasteiger partial charge < -0.3 is 15.5 Å². The van der Waals surface area contributed by atoms with E-state index in [4.69, 9.17) is 5.11 Å². The number of hydrogen-bond donors (Lipinski definition) is 3. The summed E-state index contributed by atoms with van der Waals surface area (Å²) in [6.07, 6.45) is 3.25. The molecule has 3 N–H and O–H groups in total. The minimum Gasteiger partial charge on any atom is -0.394 e. The van der Waals surface area contributed by atoms with Gasteiger partial charge in [-0.15, -0.1) is 5.10 Å². The molecule has 1 aromatic rings. The average Bonchev–Trinajstić information content (AvgIpc) is 2.77. The van der Waals surface area contributed by atoms with Crippen LogP contribution in [0.25, 0.3) is 0 Å². The zero-order valence-electron chi connectivity index (χ0n) is 10.6. The van der Waals surface area contributed by atoms with E-state index >= 15 is 0 Å². The second-order valence-electron chi connectivity index (χ2n) is 4.23. The zero-order valence-corrected chi connectivity index (χ0v) is 10.6. The molecule has 1 rings (SSSR count). The van der Waals surface area contributed by atoms with Gasteiger partial charge in [0.25, 0.3) is 0 Å². The summed E-state index contributed by atoms with van der Waals surface area (Å²) in [6.45, 7) is 5.59. The lowest BCUT2D eigenvalue weighted by Crippen LogP contribution is -2.39. The van der Waals surface area contributed by atoms with Crippen molar-refractivity contribution >= 4 is 0 Å². The SMILES string of the molecule is CCC(O)(CC)CNCc1cn(CCO)nn1. The molecule has 0 saturated heterocycles. The van der Waals surface area contributed by atoms with Crippen LogP contribution < -0.4 is 5.32 Å². The second kappa shape index (κ2) is 6.68. The molecule has 17 heavy (non-hydrogen) atoms. The average molecular weight is 242 g/mol. The van der Waals surface area contributed by atoms with Gasteiger partial charge in [-0.05, 0) is 12.8 Å². The molecule has 0 aliphatic heterocycles. The van der Waals surface area contributed by atoms with Crippen LogP contribution in [0.3, 0.4) is 0 Å². The van der Waals surface area contributed by atoms with Gasteiger partial charge in [0.15, 0.2) is 0 Å². The highest BCUT2D eigenvalue weighted by molar-refractivity contribution is 4.92. The summed E-state index contributed by atoms with van der Waals surface area (Å²) >= 11 is 0. The fourth-order valence-corrected chi connectivity index (χ4v) is 1.55. The van der Waals surface area contributed by atoms with Crippen LogP contribution in [0.15, 0.2) is 6.20 Å². The molecule has 0 bridgehead atoms. The summed E-state index contributed by atoms with van der Waals surface area (Å²) in [4.78, 5) is 0. The molecule has 0 aliphatic rings. The summed E-state index contributed by atoms with van der Waals surface area (Å²) in [5.74, 6) is 0. The summed E-state index contributed by atoms with van der Waals surface area (Å²) in [7, 11) is 0. The van der Waals surface area contributed by atoms with Crippen LogP contribution >= 0.6 is 0 Å². The van der Waals surface area contributed by atoms with Gasteiger partial charge in [-0.3, -0.25) is 0 Å². The van der Waals surface area contributed by atoms with Gasteiger partial charge in [-0.25, -0.2) is 4.68 Å². The summed E-state index contributed by atoms with van der Waals surface area (Å²) in [6, 6.07) is 0. The summed E-state index contributed by atoms with van der Waals surface area (Å²) in [5.41, 5.74) is 0.175. The molecule has 0 aromatic carbocycles. The Morgan fingerprint density at radius 3 is 2.71 bits per heavy atom. The van der Waals surface area contributed by atoms with Crippen molar-refractivity contribution in [1.82, 2.24) is 20.3 Å². The number of aliphatic hydroxyl groups excluding tert-OH is 1. The molecule has 0 amide bonds. The van der Waals surface area contributed by atoms with E-state index < -0.39 is 5.60 Å². The first-order chi connectivity index (χ1) is 8.13. The molecule has 0 radical (unpaired) electrons. The van der Waals surface area contributed by atoms with Crippen LogP contribution in [-0.4, -0.2) is 44.0 Å². The van der Waals surface area contributed by atoms with Crippen molar-refractivity contribution in [3.8, 4) is 0 Å². The van der Waals surface area contributed by atoms with Gasteiger partial charge in [-0.1, -0.05) is 19.1 Å². The predicted molar refractivity (Wildman–Crippen MR) is 64.3 cm³/mol. The molecule has 1 aromatic heterocycles. The highest BCUT2D eigenvalue weighted by Crippen LogP contribution is 2.12. The van der Waals surface area contributed by atoms with E-state index in [1.54, 1.807) is 10.9 Å². The molecule has 0 saturated carbocycles. The van der Waals surface area contributed by atoms with E-state index in [1.807, 2.05) is 13.8 Å². The van der Waals surface area contributed by atoms with E-state index in [-0.39, 0.29) is 6.61 Å². The number of rotatable bonds is 8. The molecule has 0 unspecified atom stereocenters. The predicted octanol–water partition coefficient (Wildman–Crippen LogP) is -0.0889. The Morgan fingerprint density at radius 2 is 2.12 bits per heavy atom. The third kappa shape index (κ3) is 4.41. The van der Waals surface area contributed by atoms with Crippen LogP contribution in [0.2, 0.25) is 0 Å². The van der Waals surface area contributed by atoms with Crippen LogP contribution in [0.5, 0.6) is 0 Å². The number of aromatic nitrogens is 3. The van der Waals surface area contributed by atoms with Gasteiger partial charge >= 0.3 is 0 Å². The second-order valence-corrected chi connectivity index (χ2v) is 4.23. The van der Waals surface area contributed by atoms with Crippen molar-refractivity contribution in [2.75, 3.05) is 13.2 Å². The number of aliphatic hydroxyl groups is 2. The Bertz CT molecular complexity index is 323. The van der Waals surface area contributed by atoms with E-state index in [0.29, 0.717) is 19.6 Å². The lowest BCUT2D eigenvalue weighted by Gasteiger charge is -2.25. The molecule has 98 valence electrons. The third-order valence-corrected chi connectivity index (χ3v) is 2.99. The maximum Gasteiger partial charge on any atom is 0.0964 e. The minimum absolute atomic E-state index is 0.0572. The molecule has 1 heterocycles. The first kappa shape index (κ1) is 14.1. The van der Waals surface area contributed by atoms with Crippen LogP contribution in [-0.2, 0) is 13.1 Å². The standard InChI is InChI=1S/C11H22N4O2/c1-3-11(17,4-2)9-12-7-10-8-15(5-6-16)14-13-10/h8,12,16-17H,3-7,9H2,1-2H3. The molecular weight excluding hydrogens is 220 g/mol. The number of nitrogens with zero attached hydrogens (tertiary/aromatic N) is 3. The van der Waals surface area contributed by atoms with Crippen molar-refractivity contribution in [3.05, 3.63) is 11.9 Å². The lowest BCUT2D eigenvalue weighted by molar-refractivity contribution is 0.0322. The topological polar surface area (TPSA) is 83.2 Å². The number of hydrogen-bond acceptors (Lipinski definition) is 5. The molecular formula is C11H22N4O2. The molecule has 6 nitrogen and oxygen atoms in total. The van der Waals surface area contributed by atoms with Gasteiger partial charge in [0, 0.05) is 19.3 Å². The molecule has 0 spiro atoms. The molecule has 0 atom stereocenters. The smallest absolute Gasteiger partial charge is 0.0964 e. The Kier molecular flexibility index (Phi) is 5.54. The Balaban J connectivity index is 2.34. The maximum absolute atomic E-state index is 10.1. The van der Waals surface area contributed by atoms with Crippen molar-refractivity contribution in [2.45, 2.75) is 45.4 Å². The highest BCUT2D eigenvalue weighted by atomic mass is 16.3. The van der Waals surface area contributed by atoms with E-state index in [9.17, 15) is 5.11 Å². The van der Waals surface area contributed by atoms with Crippen LogP contribution in [0.4, 0.5) is 0 Å². The fraction of sp³-hybridized carbons (Fsp3) is 0.818. The number of nitrogens with one attached hydrogen (secondary N) is 1. The quantitative estimate of drug-likeness (QED) is 0.593. The molecule has 0 aliphatic carbocycles. The van der Waals surface area contributed by atoms with E-state index in [2.05, 4.69) is 15.6 Å².